The standard InChI is InChI=1S/C15H23NOS/c1-3-9-16-10-7-15(17,8-11-16)13-5-4-6-14(12-13)18-2/h4-6,12,17H,3,7-11H2,1-2H3. The number of hydrogen-bond acceptors (Lipinski definition) is 3. The smallest absolute Gasteiger partial charge is 0.0921 e. The van der Waals surface area contributed by atoms with Crippen LogP contribution in [-0.2, 0) is 5.60 Å². The van der Waals surface area contributed by atoms with Crippen molar-refractivity contribution < 1.29 is 5.11 Å². The van der Waals surface area contributed by atoms with Gasteiger partial charge in [-0.25, -0.2) is 0 Å². The highest BCUT2D eigenvalue weighted by Gasteiger charge is 2.33. The van der Waals surface area contributed by atoms with Crippen molar-refractivity contribution in [3.63, 3.8) is 0 Å². The average molecular weight is 265 g/mol. The maximum absolute atomic E-state index is 10.8. The summed E-state index contributed by atoms with van der Waals surface area (Å²) in [5.74, 6) is 0. The summed E-state index contributed by atoms with van der Waals surface area (Å²) in [6, 6.07) is 8.36. The van der Waals surface area contributed by atoms with Gasteiger partial charge in [-0.1, -0.05) is 19.1 Å². The number of nitrogens with zero attached hydrogens (tertiary/aromatic N) is 1. The predicted octanol–water partition coefficient (Wildman–Crippen LogP) is 3.10. The lowest BCUT2D eigenvalue weighted by Crippen LogP contribution is -2.42. The quantitative estimate of drug-likeness (QED) is 0.846. The van der Waals surface area contributed by atoms with Gasteiger partial charge < -0.3 is 10.0 Å². The van der Waals surface area contributed by atoms with Crippen LogP contribution < -0.4 is 0 Å². The van der Waals surface area contributed by atoms with E-state index in [1.807, 2.05) is 0 Å². The van der Waals surface area contributed by atoms with E-state index in [1.54, 1.807) is 11.8 Å². The molecular weight excluding hydrogens is 242 g/mol. The average Bonchev–Trinajstić information content (AvgIpc) is 2.42. The Hall–Kier alpha value is -0.510. The van der Waals surface area contributed by atoms with Gasteiger partial charge in [-0.2, -0.15) is 0 Å². The fourth-order valence-corrected chi connectivity index (χ4v) is 3.12. The Morgan fingerprint density at radius 2 is 2.06 bits per heavy atom. The minimum Gasteiger partial charge on any atom is -0.385 e. The lowest BCUT2D eigenvalue weighted by Gasteiger charge is -2.38. The zero-order valence-corrected chi connectivity index (χ0v) is 12.2. The van der Waals surface area contributed by atoms with Gasteiger partial charge in [-0.15, -0.1) is 11.8 Å². The monoisotopic (exact) mass is 265 g/mol. The fraction of sp³-hybridized carbons (Fsp3) is 0.600. The normalized spacial score (nSPS) is 19.9. The van der Waals surface area contributed by atoms with Crippen LogP contribution in [0.2, 0.25) is 0 Å². The predicted molar refractivity (Wildman–Crippen MR) is 78.1 cm³/mol. The molecule has 1 aromatic carbocycles. The molecule has 100 valence electrons. The third-order valence-corrected chi connectivity index (χ3v) is 4.56. The molecule has 0 aliphatic carbocycles. The third kappa shape index (κ3) is 3.08. The Balaban J connectivity index is 2.08. The summed E-state index contributed by atoms with van der Waals surface area (Å²) in [6.45, 7) is 5.38. The molecule has 1 aliphatic heterocycles. The molecule has 1 N–H and O–H groups in total. The molecule has 0 amide bonds. The van der Waals surface area contributed by atoms with Crippen molar-refractivity contribution in [3.05, 3.63) is 29.8 Å². The summed E-state index contributed by atoms with van der Waals surface area (Å²) < 4.78 is 0. The van der Waals surface area contributed by atoms with Gasteiger partial charge in [0.05, 0.1) is 5.60 Å². The first-order valence-electron chi connectivity index (χ1n) is 6.77. The van der Waals surface area contributed by atoms with Gasteiger partial charge in [-0.3, -0.25) is 0 Å². The van der Waals surface area contributed by atoms with Crippen molar-refractivity contribution >= 4 is 11.8 Å². The molecule has 1 saturated heterocycles. The molecule has 3 heteroatoms. The highest BCUT2D eigenvalue weighted by Crippen LogP contribution is 2.34. The van der Waals surface area contributed by atoms with E-state index in [4.69, 9.17) is 0 Å². The zero-order chi connectivity index (χ0) is 13.0. The Labute approximate surface area is 114 Å². The molecule has 1 heterocycles. The number of benzene rings is 1. The van der Waals surface area contributed by atoms with Crippen molar-refractivity contribution in [2.75, 3.05) is 25.9 Å². The molecule has 0 unspecified atom stereocenters. The number of thioether (sulfide) groups is 1. The summed E-state index contributed by atoms with van der Waals surface area (Å²) in [5, 5.41) is 10.8. The third-order valence-electron chi connectivity index (χ3n) is 3.83. The van der Waals surface area contributed by atoms with Crippen LogP contribution in [0.3, 0.4) is 0 Å². The first-order valence-corrected chi connectivity index (χ1v) is 7.99. The van der Waals surface area contributed by atoms with E-state index in [1.165, 1.54) is 11.3 Å². The largest absolute Gasteiger partial charge is 0.385 e. The lowest BCUT2D eigenvalue weighted by atomic mass is 9.84. The molecule has 0 bridgehead atoms. The Morgan fingerprint density at radius 3 is 2.67 bits per heavy atom. The topological polar surface area (TPSA) is 23.5 Å². The first kappa shape index (κ1) is 13.9. The molecule has 0 saturated carbocycles. The molecular formula is C15H23NOS. The molecule has 0 radical (unpaired) electrons. The van der Waals surface area contributed by atoms with Crippen LogP contribution >= 0.6 is 11.8 Å². The molecule has 1 fully saturated rings. The first-order chi connectivity index (χ1) is 8.68. The summed E-state index contributed by atoms with van der Waals surface area (Å²) in [7, 11) is 0. The number of rotatable bonds is 4. The summed E-state index contributed by atoms with van der Waals surface area (Å²) in [6.07, 6.45) is 4.98. The van der Waals surface area contributed by atoms with E-state index < -0.39 is 5.60 Å². The van der Waals surface area contributed by atoms with Gasteiger partial charge in [0, 0.05) is 18.0 Å². The van der Waals surface area contributed by atoms with Gasteiger partial charge in [0.15, 0.2) is 0 Å². The molecule has 0 aromatic heterocycles. The SMILES string of the molecule is CCCN1CCC(O)(c2cccc(SC)c2)CC1. The molecule has 2 rings (SSSR count). The van der Waals surface area contributed by atoms with E-state index in [2.05, 4.69) is 42.3 Å². The Kier molecular flexibility index (Phi) is 4.71. The minimum absolute atomic E-state index is 0.615. The molecule has 1 aromatic rings. The van der Waals surface area contributed by atoms with E-state index in [9.17, 15) is 5.11 Å². The van der Waals surface area contributed by atoms with Crippen molar-refractivity contribution in [1.82, 2.24) is 4.90 Å². The van der Waals surface area contributed by atoms with Crippen LogP contribution in [0, 0.1) is 0 Å². The number of piperidine rings is 1. The van der Waals surface area contributed by atoms with Gasteiger partial charge in [0.2, 0.25) is 0 Å². The minimum atomic E-state index is -0.615. The van der Waals surface area contributed by atoms with Crippen molar-refractivity contribution in [3.8, 4) is 0 Å². The van der Waals surface area contributed by atoms with Crippen LogP contribution in [0.25, 0.3) is 0 Å². The van der Waals surface area contributed by atoms with Crippen LogP contribution in [-0.4, -0.2) is 35.9 Å². The van der Waals surface area contributed by atoms with Crippen molar-refractivity contribution in [2.24, 2.45) is 0 Å². The summed E-state index contributed by atoms with van der Waals surface area (Å²) >= 11 is 1.73. The molecule has 0 spiro atoms. The number of hydrogen-bond donors (Lipinski definition) is 1. The van der Waals surface area contributed by atoms with Crippen LogP contribution in [0.15, 0.2) is 29.2 Å². The van der Waals surface area contributed by atoms with Crippen molar-refractivity contribution in [2.45, 2.75) is 36.7 Å². The number of likely N-dealkylation sites (tertiary alicyclic amines) is 1. The van der Waals surface area contributed by atoms with Crippen LogP contribution in [0.1, 0.15) is 31.7 Å². The highest BCUT2D eigenvalue weighted by atomic mass is 32.2. The van der Waals surface area contributed by atoms with E-state index in [0.29, 0.717) is 0 Å². The van der Waals surface area contributed by atoms with Crippen molar-refractivity contribution in [1.29, 1.82) is 0 Å². The molecule has 0 atom stereocenters. The maximum Gasteiger partial charge on any atom is 0.0921 e. The second-order valence-electron chi connectivity index (χ2n) is 5.11. The zero-order valence-electron chi connectivity index (χ0n) is 11.4. The Morgan fingerprint density at radius 1 is 1.33 bits per heavy atom. The van der Waals surface area contributed by atoms with Crippen LogP contribution in [0.4, 0.5) is 0 Å². The second-order valence-corrected chi connectivity index (χ2v) is 5.98. The maximum atomic E-state index is 10.8. The summed E-state index contributed by atoms with van der Waals surface area (Å²) in [5.41, 5.74) is 0.473. The highest BCUT2D eigenvalue weighted by molar-refractivity contribution is 7.98. The van der Waals surface area contributed by atoms with Gasteiger partial charge in [0.25, 0.3) is 0 Å². The van der Waals surface area contributed by atoms with Gasteiger partial charge >= 0.3 is 0 Å². The Bertz CT molecular complexity index is 386. The van der Waals surface area contributed by atoms with Crippen LogP contribution in [0.5, 0.6) is 0 Å². The lowest BCUT2D eigenvalue weighted by molar-refractivity contribution is -0.0259. The van der Waals surface area contributed by atoms with E-state index in [0.717, 1.165) is 38.0 Å². The van der Waals surface area contributed by atoms with E-state index in [-0.39, 0.29) is 0 Å². The van der Waals surface area contributed by atoms with E-state index >= 15 is 0 Å². The molecule has 1 aliphatic rings. The van der Waals surface area contributed by atoms with Gasteiger partial charge in [-0.05, 0) is 49.8 Å². The molecule has 18 heavy (non-hydrogen) atoms. The number of aliphatic hydroxyl groups is 1. The molecule has 2 nitrogen and oxygen atoms in total. The fourth-order valence-electron chi connectivity index (χ4n) is 2.66. The van der Waals surface area contributed by atoms with Gasteiger partial charge in [0.1, 0.15) is 0 Å². The second kappa shape index (κ2) is 6.09. The summed E-state index contributed by atoms with van der Waals surface area (Å²) in [4.78, 5) is 3.68.